The molecule has 0 bridgehead atoms. The molecule has 5 nitrogen and oxygen atoms in total. The number of rotatable bonds is 4. The molecule has 0 spiro atoms. The highest BCUT2D eigenvalue weighted by Crippen LogP contribution is 2.28. The van der Waals surface area contributed by atoms with Crippen molar-refractivity contribution in [3.63, 3.8) is 0 Å². The summed E-state index contributed by atoms with van der Waals surface area (Å²) in [5, 5.41) is 14.8. The van der Waals surface area contributed by atoms with Gasteiger partial charge >= 0.3 is 5.97 Å². The minimum atomic E-state index is -0.853. The fourth-order valence-electron chi connectivity index (χ4n) is 2.99. The van der Waals surface area contributed by atoms with Gasteiger partial charge in [-0.1, -0.05) is 25.7 Å². The van der Waals surface area contributed by atoms with Crippen LogP contribution in [0.5, 0.6) is 0 Å². The number of carbonyl (C=O) groups is 2. The molecule has 2 rings (SSSR count). The van der Waals surface area contributed by atoms with Gasteiger partial charge in [0.15, 0.2) is 0 Å². The molecule has 0 aromatic heterocycles. The van der Waals surface area contributed by atoms with Crippen molar-refractivity contribution >= 4 is 17.6 Å². The van der Waals surface area contributed by atoms with E-state index < -0.39 is 5.97 Å². The van der Waals surface area contributed by atoms with Crippen LogP contribution in [0, 0.1) is 5.92 Å². The van der Waals surface area contributed by atoms with Crippen LogP contribution < -0.4 is 0 Å². The van der Waals surface area contributed by atoms with Gasteiger partial charge < -0.3 is 5.11 Å². The minimum Gasteiger partial charge on any atom is -0.481 e. The molecule has 1 aliphatic heterocycles. The van der Waals surface area contributed by atoms with Crippen LogP contribution in [0.25, 0.3) is 0 Å². The lowest BCUT2D eigenvalue weighted by Gasteiger charge is -2.24. The van der Waals surface area contributed by atoms with Crippen LogP contribution in [0.15, 0.2) is 5.10 Å². The highest BCUT2D eigenvalue weighted by molar-refractivity contribution is 6.07. The highest BCUT2D eigenvalue weighted by atomic mass is 16.4. The van der Waals surface area contributed by atoms with E-state index in [9.17, 15) is 9.59 Å². The van der Waals surface area contributed by atoms with E-state index in [0.29, 0.717) is 6.42 Å². The summed E-state index contributed by atoms with van der Waals surface area (Å²) in [6.45, 7) is 1.83. The SMILES string of the molecule is CC1=NN(C2CCCCCC2)C(=O)C1CCC(=O)O. The average Bonchev–Trinajstić information content (AvgIpc) is 2.59. The first-order valence-electron chi connectivity index (χ1n) is 7.19. The van der Waals surface area contributed by atoms with E-state index in [1.54, 1.807) is 5.01 Å². The number of aliphatic carboxylic acids is 1. The average molecular weight is 266 g/mol. The number of carboxylic acid groups (broad SMARTS) is 1. The molecule has 1 saturated carbocycles. The van der Waals surface area contributed by atoms with Gasteiger partial charge in [-0.3, -0.25) is 9.59 Å². The van der Waals surface area contributed by atoms with Gasteiger partial charge in [-0.15, -0.1) is 0 Å². The summed E-state index contributed by atoms with van der Waals surface area (Å²) in [4.78, 5) is 23.0. The van der Waals surface area contributed by atoms with Crippen LogP contribution in [0.3, 0.4) is 0 Å². The predicted molar refractivity (Wildman–Crippen MR) is 71.8 cm³/mol. The molecule has 1 N–H and O–H groups in total. The first kappa shape index (κ1) is 14.0. The summed E-state index contributed by atoms with van der Waals surface area (Å²) in [5.41, 5.74) is 0.774. The first-order chi connectivity index (χ1) is 9.09. The number of hydrogen-bond donors (Lipinski definition) is 1. The van der Waals surface area contributed by atoms with Crippen molar-refractivity contribution in [2.24, 2.45) is 11.0 Å². The Bertz CT molecular complexity index is 384. The van der Waals surface area contributed by atoms with E-state index in [4.69, 9.17) is 5.11 Å². The second-order valence-corrected chi connectivity index (χ2v) is 5.55. The van der Waals surface area contributed by atoms with Crippen LogP contribution in [0.1, 0.15) is 58.3 Å². The predicted octanol–water partition coefficient (Wildman–Crippen LogP) is 2.41. The molecular formula is C14H22N2O3. The second kappa shape index (κ2) is 6.17. The van der Waals surface area contributed by atoms with Crippen LogP contribution in [-0.4, -0.2) is 33.7 Å². The summed E-state index contributed by atoms with van der Waals surface area (Å²) in [5.74, 6) is -1.17. The van der Waals surface area contributed by atoms with Gasteiger partial charge in [0.25, 0.3) is 5.91 Å². The molecule has 0 aromatic rings. The number of hydrazone groups is 1. The number of hydrogen-bond acceptors (Lipinski definition) is 3. The zero-order chi connectivity index (χ0) is 13.8. The molecule has 5 heteroatoms. The lowest BCUT2D eigenvalue weighted by atomic mass is 9.98. The Morgan fingerprint density at radius 3 is 2.53 bits per heavy atom. The van der Waals surface area contributed by atoms with E-state index in [0.717, 1.165) is 31.4 Å². The van der Waals surface area contributed by atoms with E-state index in [1.807, 2.05) is 6.92 Å². The van der Waals surface area contributed by atoms with Crippen molar-refractivity contribution in [2.75, 3.05) is 0 Å². The molecule has 0 radical (unpaired) electrons. The summed E-state index contributed by atoms with van der Waals surface area (Å²) in [6.07, 6.45) is 7.23. The second-order valence-electron chi connectivity index (χ2n) is 5.55. The third-order valence-corrected chi connectivity index (χ3v) is 4.11. The Kier molecular flexibility index (Phi) is 4.56. The molecular weight excluding hydrogens is 244 g/mol. The zero-order valence-corrected chi connectivity index (χ0v) is 11.5. The summed E-state index contributed by atoms with van der Waals surface area (Å²) < 4.78 is 0. The maximum Gasteiger partial charge on any atom is 0.303 e. The maximum absolute atomic E-state index is 12.4. The van der Waals surface area contributed by atoms with Crippen molar-refractivity contribution in [2.45, 2.75) is 64.3 Å². The van der Waals surface area contributed by atoms with Crippen molar-refractivity contribution in [1.82, 2.24) is 5.01 Å². The molecule has 1 amide bonds. The summed E-state index contributed by atoms with van der Waals surface area (Å²) >= 11 is 0. The summed E-state index contributed by atoms with van der Waals surface area (Å²) in [7, 11) is 0. The zero-order valence-electron chi connectivity index (χ0n) is 11.5. The van der Waals surface area contributed by atoms with Gasteiger partial charge in [0.2, 0.25) is 0 Å². The van der Waals surface area contributed by atoms with E-state index in [2.05, 4.69) is 5.10 Å². The molecule has 1 aliphatic carbocycles. The molecule has 1 fully saturated rings. The topological polar surface area (TPSA) is 70.0 Å². The van der Waals surface area contributed by atoms with Gasteiger partial charge in [0.1, 0.15) is 0 Å². The number of carboxylic acids is 1. The lowest BCUT2D eigenvalue weighted by Crippen LogP contribution is -2.35. The third kappa shape index (κ3) is 3.33. The molecule has 2 aliphatic rings. The quantitative estimate of drug-likeness (QED) is 0.794. The van der Waals surface area contributed by atoms with Gasteiger partial charge in [-0.05, 0) is 26.2 Å². The molecule has 19 heavy (non-hydrogen) atoms. The fraction of sp³-hybridized carbons (Fsp3) is 0.786. The number of carbonyl (C=O) groups excluding carboxylic acids is 1. The van der Waals surface area contributed by atoms with Crippen LogP contribution in [-0.2, 0) is 9.59 Å². The molecule has 106 valence electrons. The smallest absolute Gasteiger partial charge is 0.303 e. The largest absolute Gasteiger partial charge is 0.481 e. The normalized spacial score (nSPS) is 25.3. The van der Waals surface area contributed by atoms with E-state index >= 15 is 0 Å². The maximum atomic E-state index is 12.4. The summed E-state index contributed by atoms with van der Waals surface area (Å²) in [6, 6.07) is 0.222. The molecule has 0 saturated heterocycles. The van der Waals surface area contributed by atoms with Crippen molar-refractivity contribution in [3.05, 3.63) is 0 Å². The van der Waals surface area contributed by atoms with Gasteiger partial charge in [0, 0.05) is 12.1 Å². The van der Waals surface area contributed by atoms with Crippen LogP contribution in [0.4, 0.5) is 0 Å². The molecule has 1 atom stereocenters. The van der Waals surface area contributed by atoms with Crippen LogP contribution >= 0.6 is 0 Å². The van der Waals surface area contributed by atoms with Gasteiger partial charge in [-0.25, -0.2) is 5.01 Å². The Labute approximate surface area is 113 Å². The lowest BCUT2D eigenvalue weighted by molar-refractivity contribution is -0.138. The Morgan fingerprint density at radius 2 is 1.95 bits per heavy atom. The number of nitrogens with zero attached hydrogens (tertiary/aromatic N) is 2. The van der Waals surface area contributed by atoms with Crippen molar-refractivity contribution < 1.29 is 14.7 Å². The van der Waals surface area contributed by atoms with Gasteiger partial charge in [-0.2, -0.15) is 5.10 Å². The molecule has 1 unspecified atom stereocenters. The third-order valence-electron chi connectivity index (χ3n) is 4.11. The molecule has 0 aromatic carbocycles. The highest BCUT2D eigenvalue weighted by Gasteiger charge is 2.37. The Balaban J connectivity index is 2.00. The fourth-order valence-corrected chi connectivity index (χ4v) is 2.99. The van der Waals surface area contributed by atoms with Gasteiger partial charge in [0.05, 0.1) is 12.0 Å². The van der Waals surface area contributed by atoms with E-state index in [-0.39, 0.29) is 24.3 Å². The van der Waals surface area contributed by atoms with Crippen molar-refractivity contribution in [1.29, 1.82) is 0 Å². The minimum absolute atomic E-state index is 0.00523. The standard InChI is InChI=1S/C14H22N2O3/c1-10-12(8-9-13(17)18)14(19)16(15-10)11-6-4-2-3-5-7-11/h11-12H,2-9H2,1H3,(H,17,18). The monoisotopic (exact) mass is 266 g/mol. The molecule has 1 heterocycles. The Hall–Kier alpha value is -1.39. The Morgan fingerprint density at radius 1 is 1.32 bits per heavy atom. The van der Waals surface area contributed by atoms with E-state index in [1.165, 1.54) is 12.8 Å². The number of amides is 1. The van der Waals surface area contributed by atoms with Crippen LogP contribution in [0.2, 0.25) is 0 Å². The first-order valence-corrected chi connectivity index (χ1v) is 7.19. The van der Waals surface area contributed by atoms with Crippen molar-refractivity contribution in [3.8, 4) is 0 Å².